The Morgan fingerprint density at radius 2 is 2.00 bits per heavy atom. The molecule has 0 radical (unpaired) electrons. The van der Waals surface area contributed by atoms with Crippen LogP contribution in [0.2, 0.25) is 0 Å². The Bertz CT molecular complexity index is 612. The Morgan fingerprint density at radius 3 is 2.62 bits per heavy atom. The van der Waals surface area contributed by atoms with Gasteiger partial charge in [-0.1, -0.05) is 6.07 Å². The van der Waals surface area contributed by atoms with E-state index in [1.54, 1.807) is 23.1 Å². The van der Waals surface area contributed by atoms with E-state index in [1.165, 1.54) is 13.0 Å². The van der Waals surface area contributed by atoms with E-state index in [2.05, 4.69) is 5.32 Å². The van der Waals surface area contributed by atoms with Gasteiger partial charge in [0.2, 0.25) is 5.91 Å². The predicted octanol–water partition coefficient (Wildman–Crippen LogP) is 1.96. The molecule has 1 saturated heterocycles. The van der Waals surface area contributed by atoms with Crippen molar-refractivity contribution in [3.8, 4) is 5.75 Å². The number of hydrogen-bond acceptors (Lipinski definition) is 4. The number of carbonyl (C=O) groups is 3. The van der Waals surface area contributed by atoms with Gasteiger partial charge in [-0.15, -0.1) is 11.6 Å². The summed E-state index contributed by atoms with van der Waals surface area (Å²) >= 11 is 5.59. The number of hydrogen-bond donors (Lipinski definition) is 1. The minimum absolute atomic E-state index is 0.0231. The fourth-order valence-corrected chi connectivity index (χ4v) is 2.81. The van der Waals surface area contributed by atoms with E-state index >= 15 is 0 Å². The Balaban J connectivity index is 1.87. The van der Waals surface area contributed by atoms with E-state index in [9.17, 15) is 14.4 Å². The minimum atomic E-state index is -0.429. The maximum atomic E-state index is 12.3. The monoisotopic (exact) mass is 352 g/mol. The molecule has 1 aliphatic heterocycles. The SMILES string of the molecule is CC(=O)Oc1cccc(C(=O)NC2CCN(C(=O)CCCl)CC2)c1. The van der Waals surface area contributed by atoms with Crippen molar-refractivity contribution in [2.24, 2.45) is 0 Å². The molecule has 1 fully saturated rings. The van der Waals surface area contributed by atoms with Crippen LogP contribution in [0.4, 0.5) is 0 Å². The summed E-state index contributed by atoms with van der Waals surface area (Å²) in [7, 11) is 0. The summed E-state index contributed by atoms with van der Waals surface area (Å²) in [4.78, 5) is 36.9. The average molecular weight is 353 g/mol. The number of piperidine rings is 1. The fourth-order valence-electron chi connectivity index (χ4n) is 2.65. The zero-order chi connectivity index (χ0) is 17.5. The fraction of sp³-hybridized carbons (Fsp3) is 0.471. The summed E-state index contributed by atoms with van der Waals surface area (Å²) in [5, 5.41) is 2.96. The van der Waals surface area contributed by atoms with Crippen LogP contribution in [0.5, 0.6) is 5.75 Å². The topological polar surface area (TPSA) is 75.7 Å². The molecule has 0 spiro atoms. The van der Waals surface area contributed by atoms with Crippen molar-refractivity contribution < 1.29 is 19.1 Å². The highest BCUT2D eigenvalue weighted by molar-refractivity contribution is 6.18. The molecule has 1 aromatic rings. The van der Waals surface area contributed by atoms with Gasteiger partial charge in [-0.05, 0) is 31.0 Å². The second kappa shape index (κ2) is 8.68. The van der Waals surface area contributed by atoms with Gasteiger partial charge in [-0.25, -0.2) is 0 Å². The van der Waals surface area contributed by atoms with Crippen LogP contribution in [0.3, 0.4) is 0 Å². The quantitative estimate of drug-likeness (QED) is 0.499. The number of nitrogens with one attached hydrogen (secondary N) is 1. The number of alkyl halides is 1. The molecule has 24 heavy (non-hydrogen) atoms. The molecule has 1 aliphatic rings. The van der Waals surface area contributed by atoms with Crippen LogP contribution >= 0.6 is 11.6 Å². The molecule has 0 aromatic heterocycles. The predicted molar refractivity (Wildman–Crippen MR) is 90.2 cm³/mol. The molecule has 2 rings (SSSR count). The maximum absolute atomic E-state index is 12.3. The van der Waals surface area contributed by atoms with Gasteiger partial charge in [0, 0.05) is 43.9 Å². The lowest BCUT2D eigenvalue weighted by Gasteiger charge is -2.32. The second-order valence-corrected chi connectivity index (χ2v) is 6.07. The first-order valence-corrected chi connectivity index (χ1v) is 8.46. The summed E-state index contributed by atoms with van der Waals surface area (Å²) in [6, 6.07) is 6.52. The van der Waals surface area contributed by atoms with Gasteiger partial charge in [-0.2, -0.15) is 0 Å². The van der Waals surface area contributed by atoms with E-state index in [0.29, 0.717) is 49.5 Å². The van der Waals surface area contributed by atoms with Gasteiger partial charge in [0.15, 0.2) is 0 Å². The third-order valence-corrected chi connectivity index (χ3v) is 4.04. The highest BCUT2D eigenvalue weighted by Crippen LogP contribution is 2.16. The molecule has 0 saturated carbocycles. The van der Waals surface area contributed by atoms with Crippen molar-refractivity contribution in [2.45, 2.75) is 32.2 Å². The number of carbonyl (C=O) groups excluding carboxylic acids is 3. The maximum Gasteiger partial charge on any atom is 0.308 e. The molecule has 1 aromatic carbocycles. The molecule has 1 N–H and O–H groups in total. The lowest BCUT2D eigenvalue weighted by molar-refractivity contribution is -0.132. The molecule has 2 amide bonds. The number of halogens is 1. The standard InChI is InChI=1S/C17H21ClN2O4/c1-12(21)24-15-4-2-3-13(11-15)17(23)19-14-6-9-20(10-7-14)16(22)5-8-18/h2-4,11,14H,5-10H2,1H3,(H,19,23). The Hall–Kier alpha value is -2.08. The molecule has 1 heterocycles. The minimum Gasteiger partial charge on any atom is -0.427 e. The van der Waals surface area contributed by atoms with Crippen LogP contribution in [-0.2, 0) is 9.59 Å². The van der Waals surface area contributed by atoms with Crippen molar-refractivity contribution >= 4 is 29.4 Å². The summed E-state index contributed by atoms with van der Waals surface area (Å²) in [5.74, 6) is 0.0883. The summed E-state index contributed by atoms with van der Waals surface area (Å²) < 4.78 is 4.98. The highest BCUT2D eigenvalue weighted by Gasteiger charge is 2.23. The van der Waals surface area contributed by atoms with Crippen LogP contribution in [0, 0.1) is 0 Å². The Kier molecular flexibility index (Phi) is 6.61. The van der Waals surface area contributed by atoms with Crippen molar-refractivity contribution in [1.29, 1.82) is 0 Å². The molecule has 130 valence electrons. The molecule has 7 heteroatoms. The van der Waals surface area contributed by atoms with Crippen LogP contribution in [-0.4, -0.2) is 47.7 Å². The molecule has 0 aliphatic carbocycles. The largest absolute Gasteiger partial charge is 0.427 e. The Labute approximate surface area is 146 Å². The third-order valence-electron chi connectivity index (χ3n) is 3.85. The first-order valence-electron chi connectivity index (χ1n) is 7.92. The lowest BCUT2D eigenvalue weighted by atomic mass is 10.0. The molecule has 0 atom stereocenters. The molecule has 0 bridgehead atoms. The van der Waals surface area contributed by atoms with Crippen molar-refractivity contribution in [2.75, 3.05) is 19.0 Å². The number of esters is 1. The van der Waals surface area contributed by atoms with Crippen molar-refractivity contribution in [1.82, 2.24) is 10.2 Å². The number of ether oxygens (including phenoxy) is 1. The van der Waals surface area contributed by atoms with Crippen molar-refractivity contribution in [3.05, 3.63) is 29.8 Å². The summed E-state index contributed by atoms with van der Waals surface area (Å²) in [5.41, 5.74) is 0.439. The van der Waals surface area contributed by atoms with Gasteiger partial charge in [-0.3, -0.25) is 14.4 Å². The molecular weight excluding hydrogens is 332 g/mol. The first kappa shape index (κ1) is 18.3. The molecular formula is C17H21ClN2O4. The van der Waals surface area contributed by atoms with Gasteiger partial charge in [0.25, 0.3) is 5.91 Å². The Morgan fingerprint density at radius 1 is 1.29 bits per heavy atom. The zero-order valence-corrected chi connectivity index (χ0v) is 14.3. The first-order chi connectivity index (χ1) is 11.5. The average Bonchev–Trinajstić information content (AvgIpc) is 2.55. The van der Waals surface area contributed by atoms with Crippen molar-refractivity contribution in [3.63, 3.8) is 0 Å². The lowest BCUT2D eigenvalue weighted by Crippen LogP contribution is -2.46. The van der Waals surface area contributed by atoms with E-state index in [1.807, 2.05) is 0 Å². The van der Waals surface area contributed by atoms with E-state index in [-0.39, 0.29) is 17.9 Å². The van der Waals surface area contributed by atoms with E-state index in [0.717, 1.165) is 0 Å². The van der Waals surface area contributed by atoms with Crippen LogP contribution in [0.1, 0.15) is 36.5 Å². The normalized spacial score (nSPS) is 15.0. The van der Waals surface area contributed by atoms with E-state index < -0.39 is 5.97 Å². The molecule has 6 nitrogen and oxygen atoms in total. The summed E-state index contributed by atoms with van der Waals surface area (Å²) in [6.07, 6.45) is 1.77. The van der Waals surface area contributed by atoms with Gasteiger partial charge in [0.1, 0.15) is 5.75 Å². The number of benzene rings is 1. The zero-order valence-electron chi connectivity index (χ0n) is 13.6. The molecule has 0 unspecified atom stereocenters. The number of likely N-dealkylation sites (tertiary alicyclic amines) is 1. The van der Waals surface area contributed by atoms with Gasteiger partial charge < -0.3 is 15.0 Å². The summed E-state index contributed by atoms with van der Waals surface area (Å²) in [6.45, 7) is 2.55. The van der Waals surface area contributed by atoms with Gasteiger partial charge in [0.05, 0.1) is 0 Å². The van der Waals surface area contributed by atoms with Gasteiger partial charge >= 0.3 is 5.97 Å². The van der Waals surface area contributed by atoms with Crippen LogP contribution in [0.15, 0.2) is 24.3 Å². The number of amides is 2. The number of nitrogens with zero attached hydrogens (tertiary/aromatic N) is 1. The van der Waals surface area contributed by atoms with Crippen LogP contribution < -0.4 is 10.1 Å². The highest BCUT2D eigenvalue weighted by atomic mass is 35.5. The van der Waals surface area contributed by atoms with E-state index in [4.69, 9.17) is 16.3 Å². The third kappa shape index (κ3) is 5.23. The second-order valence-electron chi connectivity index (χ2n) is 5.69. The smallest absolute Gasteiger partial charge is 0.308 e. The number of rotatable bonds is 5. The van der Waals surface area contributed by atoms with Crippen LogP contribution in [0.25, 0.3) is 0 Å².